The van der Waals surface area contributed by atoms with E-state index < -0.39 is 5.60 Å². The van der Waals surface area contributed by atoms with Crippen molar-refractivity contribution in [3.63, 3.8) is 0 Å². The van der Waals surface area contributed by atoms with E-state index in [2.05, 4.69) is 17.7 Å². The summed E-state index contributed by atoms with van der Waals surface area (Å²) >= 11 is 0. The van der Waals surface area contributed by atoms with E-state index in [0.29, 0.717) is 12.8 Å². The minimum atomic E-state index is -0.659. The standard InChI is InChI=1S/C22H36O4/c1-4-5-16-22(2,25)17-10-11-18-14-15-20(23)19(18)12-8-6-7-9-13-21(24)26-3/h10-11,14-15,18-19,25H,4-9,12-13,16-17H2,1-3H3/b11-10+. The van der Waals surface area contributed by atoms with Crippen molar-refractivity contribution in [2.24, 2.45) is 11.8 Å². The first kappa shape index (κ1) is 22.6. The van der Waals surface area contributed by atoms with Crippen LogP contribution in [0.2, 0.25) is 0 Å². The Labute approximate surface area is 158 Å². The van der Waals surface area contributed by atoms with Gasteiger partial charge in [-0.15, -0.1) is 0 Å². The zero-order chi connectivity index (χ0) is 19.4. The van der Waals surface area contributed by atoms with Crippen LogP contribution < -0.4 is 0 Å². The van der Waals surface area contributed by atoms with Gasteiger partial charge in [0.05, 0.1) is 12.7 Å². The van der Waals surface area contributed by atoms with Gasteiger partial charge in [0, 0.05) is 18.3 Å². The predicted octanol–water partition coefficient (Wildman–Crippen LogP) is 4.76. The SMILES string of the molecule is CCCCC(C)(O)C/C=C/C1C=CC(=O)C1CCCCCCC(=O)OC. The Morgan fingerprint density at radius 1 is 1.27 bits per heavy atom. The first-order chi connectivity index (χ1) is 12.4. The Bertz CT molecular complexity index is 490. The summed E-state index contributed by atoms with van der Waals surface area (Å²) in [5.41, 5.74) is -0.659. The summed E-state index contributed by atoms with van der Waals surface area (Å²) in [5.74, 6) is 0.249. The summed E-state index contributed by atoms with van der Waals surface area (Å²) in [5, 5.41) is 10.3. The predicted molar refractivity (Wildman–Crippen MR) is 105 cm³/mol. The van der Waals surface area contributed by atoms with Crippen LogP contribution in [0.4, 0.5) is 0 Å². The van der Waals surface area contributed by atoms with E-state index in [4.69, 9.17) is 0 Å². The number of ketones is 1. The lowest BCUT2D eigenvalue weighted by molar-refractivity contribution is -0.140. The molecule has 4 heteroatoms. The van der Waals surface area contributed by atoms with Crippen LogP contribution in [0.25, 0.3) is 0 Å². The van der Waals surface area contributed by atoms with Gasteiger partial charge in [0.1, 0.15) is 0 Å². The van der Waals surface area contributed by atoms with Crippen molar-refractivity contribution in [2.45, 2.75) is 83.7 Å². The minimum Gasteiger partial charge on any atom is -0.469 e. The van der Waals surface area contributed by atoms with E-state index in [1.807, 2.05) is 19.1 Å². The molecule has 3 unspecified atom stereocenters. The molecule has 1 N–H and O–H groups in total. The third kappa shape index (κ3) is 8.79. The molecule has 26 heavy (non-hydrogen) atoms. The number of carbonyl (C=O) groups is 2. The third-order valence-electron chi connectivity index (χ3n) is 5.17. The Morgan fingerprint density at radius 2 is 2.00 bits per heavy atom. The van der Waals surface area contributed by atoms with E-state index in [9.17, 15) is 14.7 Å². The van der Waals surface area contributed by atoms with Crippen molar-refractivity contribution < 1.29 is 19.4 Å². The summed E-state index contributed by atoms with van der Waals surface area (Å²) in [6.07, 6.45) is 16.6. The summed E-state index contributed by atoms with van der Waals surface area (Å²) in [4.78, 5) is 23.2. The maximum absolute atomic E-state index is 12.1. The summed E-state index contributed by atoms with van der Waals surface area (Å²) < 4.78 is 4.63. The second-order valence-electron chi connectivity index (χ2n) is 7.71. The molecule has 1 rings (SSSR count). The molecule has 0 fully saturated rings. The number of methoxy groups -OCH3 is 1. The lowest BCUT2D eigenvalue weighted by Gasteiger charge is -2.21. The number of ether oxygens (including phenoxy) is 1. The van der Waals surface area contributed by atoms with Gasteiger partial charge in [-0.1, -0.05) is 57.3 Å². The second-order valence-corrected chi connectivity index (χ2v) is 7.71. The minimum absolute atomic E-state index is 0.0347. The molecular weight excluding hydrogens is 328 g/mol. The van der Waals surface area contributed by atoms with Crippen molar-refractivity contribution in [3.05, 3.63) is 24.3 Å². The molecule has 0 amide bonds. The van der Waals surface area contributed by atoms with Crippen LogP contribution in [0.3, 0.4) is 0 Å². The Balaban J connectivity index is 2.32. The molecule has 148 valence electrons. The van der Waals surface area contributed by atoms with Crippen molar-refractivity contribution in [2.75, 3.05) is 7.11 Å². The summed E-state index contributed by atoms with van der Waals surface area (Å²) in [6, 6.07) is 0. The molecule has 4 nitrogen and oxygen atoms in total. The number of carbonyl (C=O) groups excluding carboxylic acids is 2. The smallest absolute Gasteiger partial charge is 0.305 e. The zero-order valence-electron chi connectivity index (χ0n) is 16.7. The maximum atomic E-state index is 12.1. The normalized spacial score (nSPS) is 22.1. The molecule has 0 aliphatic heterocycles. The largest absolute Gasteiger partial charge is 0.469 e. The highest BCUT2D eigenvalue weighted by molar-refractivity contribution is 5.94. The highest BCUT2D eigenvalue weighted by Crippen LogP contribution is 2.29. The molecule has 0 aromatic rings. The first-order valence-corrected chi connectivity index (χ1v) is 10.1. The van der Waals surface area contributed by atoms with Gasteiger partial charge in [0.2, 0.25) is 0 Å². The van der Waals surface area contributed by atoms with Crippen LogP contribution in [0.15, 0.2) is 24.3 Å². The molecule has 0 aromatic heterocycles. The van der Waals surface area contributed by atoms with E-state index in [0.717, 1.165) is 51.4 Å². The molecule has 0 bridgehead atoms. The van der Waals surface area contributed by atoms with Crippen LogP contribution in [0.5, 0.6) is 0 Å². The van der Waals surface area contributed by atoms with Gasteiger partial charge in [0.15, 0.2) is 5.78 Å². The number of allylic oxidation sites excluding steroid dienone is 3. The number of hydrogen-bond acceptors (Lipinski definition) is 4. The average Bonchev–Trinajstić information content (AvgIpc) is 2.96. The lowest BCUT2D eigenvalue weighted by atomic mass is 9.88. The highest BCUT2D eigenvalue weighted by atomic mass is 16.5. The van der Waals surface area contributed by atoms with E-state index in [1.54, 1.807) is 6.08 Å². The lowest BCUT2D eigenvalue weighted by Crippen LogP contribution is -2.22. The van der Waals surface area contributed by atoms with Crippen molar-refractivity contribution in [3.8, 4) is 0 Å². The molecule has 1 aliphatic rings. The van der Waals surface area contributed by atoms with Crippen molar-refractivity contribution in [1.29, 1.82) is 0 Å². The van der Waals surface area contributed by atoms with Crippen LogP contribution in [-0.4, -0.2) is 29.6 Å². The van der Waals surface area contributed by atoms with Gasteiger partial charge < -0.3 is 9.84 Å². The van der Waals surface area contributed by atoms with Crippen LogP contribution >= 0.6 is 0 Å². The van der Waals surface area contributed by atoms with Crippen molar-refractivity contribution >= 4 is 11.8 Å². The number of hydrogen-bond donors (Lipinski definition) is 1. The molecule has 1 aliphatic carbocycles. The zero-order valence-corrected chi connectivity index (χ0v) is 16.7. The number of unbranched alkanes of at least 4 members (excludes halogenated alkanes) is 4. The Hall–Kier alpha value is -1.42. The monoisotopic (exact) mass is 364 g/mol. The van der Waals surface area contributed by atoms with Gasteiger partial charge in [-0.25, -0.2) is 0 Å². The van der Waals surface area contributed by atoms with Gasteiger partial charge in [-0.3, -0.25) is 9.59 Å². The highest BCUT2D eigenvalue weighted by Gasteiger charge is 2.27. The molecule has 0 saturated heterocycles. The van der Waals surface area contributed by atoms with E-state index >= 15 is 0 Å². The Morgan fingerprint density at radius 3 is 2.69 bits per heavy atom. The van der Waals surface area contributed by atoms with Gasteiger partial charge in [-0.05, 0) is 38.7 Å². The second kappa shape index (κ2) is 12.1. The fraction of sp³-hybridized carbons (Fsp3) is 0.727. The molecule has 0 heterocycles. The number of aliphatic hydroxyl groups is 1. The maximum Gasteiger partial charge on any atom is 0.305 e. The quantitative estimate of drug-likeness (QED) is 0.291. The molecule has 0 aromatic carbocycles. The fourth-order valence-electron chi connectivity index (χ4n) is 3.41. The number of esters is 1. The van der Waals surface area contributed by atoms with E-state index in [-0.39, 0.29) is 23.6 Å². The third-order valence-corrected chi connectivity index (χ3v) is 5.17. The fourth-order valence-corrected chi connectivity index (χ4v) is 3.41. The average molecular weight is 365 g/mol. The van der Waals surface area contributed by atoms with Gasteiger partial charge in [-0.2, -0.15) is 0 Å². The Kier molecular flexibility index (Phi) is 10.5. The topological polar surface area (TPSA) is 63.6 Å². The molecule has 0 radical (unpaired) electrons. The number of rotatable bonds is 13. The summed E-state index contributed by atoms with van der Waals surface area (Å²) in [6.45, 7) is 4.01. The van der Waals surface area contributed by atoms with E-state index in [1.165, 1.54) is 7.11 Å². The van der Waals surface area contributed by atoms with Crippen LogP contribution in [0.1, 0.15) is 78.1 Å². The molecular formula is C22H36O4. The molecule has 3 atom stereocenters. The van der Waals surface area contributed by atoms with Crippen LogP contribution in [0, 0.1) is 11.8 Å². The van der Waals surface area contributed by atoms with Gasteiger partial charge >= 0.3 is 5.97 Å². The van der Waals surface area contributed by atoms with Crippen LogP contribution in [-0.2, 0) is 14.3 Å². The van der Waals surface area contributed by atoms with Crippen molar-refractivity contribution in [1.82, 2.24) is 0 Å². The first-order valence-electron chi connectivity index (χ1n) is 10.1. The molecule has 0 saturated carbocycles. The van der Waals surface area contributed by atoms with Gasteiger partial charge in [0.25, 0.3) is 0 Å². The molecule has 0 spiro atoms. The summed E-state index contributed by atoms with van der Waals surface area (Å²) in [7, 11) is 1.41.